The summed E-state index contributed by atoms with van der Waals surface area (Å²) < 4.78 is 21.7. The Morgan fingerprint density at radius 1 is 0.969 bits per heavy atom. The minimum Gasteiger partial charge on any atom is -0.499 e. The highest BCUT2D eigenvalue weighted by atomic mass is 16.7. The smallest absolute Gasteiger partial charge is 0.382 e. The quantitative estimate of drug-likeness (QED) is 0.332. The second kappa shape index (κ2) is 9.15. The first-order valence-electron chi connectivity index (χ1n) is 9.82. The minimum absolute atomic E-state index is 0.0398. The summed E-state index contributed by atoms with van der Waals surface area (Å²) in [7, 11) is 0. The summed E-state index contributed by atoms with van der Waals surface area (Å²) in [6.07, 6.45) is -7.25. The molecule has 170 valence electrons. The molecule has 0 unspecified atom stereocenters. The third-order valence-electron chi connectivity index (χ3n) is 5.14. The molecule has 1 saturated heterocycles. The molecule has 0 saturated carbocycles. The predicted molar refractivity (Wildman–Crippen MR) is 109 cm³/mol. The van der Waals surface area contributed by atoms with Crippen LogP contribution in [-0.2, 0) is 11.3 Å². The van der Waals surface area contributed by atoms with E-state index in [1.54, 1.807) is 0 Å². The van der Waals surface area contributed by atoms with Crippen molar-refractivity contribution in [3.8, 4) is 17.2 Å². The van der Waals surface area contributed by atoms with Crippen LogP contribution < -0.4 is 15.1 Å². The molecule has 2 aromatic carbocycles. The van der Waals surface area contributed by atoms with E-state index >= 15 is 0 Å². The first-order valence-corrected chi connectivity index (χ1v) is 9.82. The van der Waals surface area contributed by atoms with Crippen LogP contribution in [0.2, 0.25) is 0 Å². The number of hydrogen-bond donors (Lipinski definition) is 5. The Kier molecular flexibility index (Phi) is 6.31. The van der Waals surface area contributed by atoms with Crippen molar-refractivity contribution in [1.82, 2.24) is 0 Å². The molecule has 5 N–H and O–H groups in total. The SMILES string of the molecule is O=c1oc2cc(O[C@H]3O[C@H](CO)[C@@H](O)[C@H](O)[C@@H]3O)ccc2c(OCc2ccccc2)c1O. The predicted octanol–water partition coefficient (Wildman–Crippen LogP) is 0.256. The van der Waals surface area contributed by atoms with Gasteiger partial charge in [-0.15, -0.1) is 0 Å². The van der Waals surface area contributed by atoms with Crippen LogP contribution in [0.4, 0.5) is 0 Å². The Bertz CT molecular complexity index is 1130. The number of hydrogen-bond acceptors (Lipinski definition) is 10. The first-order chi connectivity index (χ1) is 15.4. The van der Waals surface area contributed by atoms with Gasteiger partial charge in [0.05, 0.1) is 12.0 Å². The molecule has 10 nitrogen and oxygen atoms in total. The molecule has 1 aliphatic heterocycles. The van der Waals surface area contributed by atoms with Gasteiger partial charge in [0, 0.05) is 6.07 Å². The average molecular weight is 446 g/mol. The molecule has 32 heavy (non-hydrogen) atoms. The van der Waals surface area contributed by atoms with Crippen molar-refractivity contribution in [3.63, 3.8) is 0 Å². The number of aliphatic hydroxyl groups is 4. The molecule has 1 fully saturated rings. The third-order valence-corrected chi connectivity index (χ3v) is 5.14. The number of aromatic hydroxyl groups is 1. The van der Waals surface area contributed by atoms with Crippen molar-refractivity contribution >= 4 is 11.0 Å². The van der Waals surface area contributed by atoms with Gasteiger partial charge in [-0.2, -0.15) is 0 Å². The zero-order valence-electron chi connectivity index (χ0n) is 16.7. The van der Waals surface area contributed by atoms with Crippen LogP contribution in [0.5, 0.6) is 17.2 Å². The van der Waals surface area contributed by atoms with Crippen LogP contribution >= 0.6 is 0 Å². The zero-order valence-corrected chi connectivity index (χ0v) is 16.7. The molecule has 0 spiro atoms. The number of aliphatic hydroxyl groups excluding tert-OH is 4. The van der Waals surface area contributed by atoms with E-state index in [0.29, 0.717) is 5.39 Å². The largest absolute Gasteiger partial charge is 0.499 e. The Morgan fingerprint density at radius 2 is 1.72 bits per heavy atom. The van der Waals surface area contributed by atoms with E-state index in [1.165, 1.54) is 18.2 Å². The number of fused-ring (bicyclic) bond motifs is 1. The van der Waals surface area contributed by atoms with Crippen LogP contribution in [0.3, 0.4) is 0 Å². The highest BCUT2D eigenvalue weighted by molar-refractivity contribution is 5.86. The normalized spacial score (nSPS) is 25.6. The summed E-state index contributed by atoms with van der Waals surface area (Å²) in [4.78, 5) is 12.1. The van der Waals surface area contributed by atoms with Crippen molar-refractivity contribution in [2.24, 2.45) is 0 Å². The highest BCUT2D eigenvalue weighted by Gasteiger charge is 2.44. The van der Waals surface area contributed by atoms with Crippen molar-refractivity contribution in [1.29, 1.82) is 0 Å². The maximum atomic E-state index is 12.1. The molecule has 10 heteroatoms. The number of ether oxygens (including phenoxy) is 3. The van der Waals surface area contributed by atoms with E-state index in [9.17, 15) is 30.3 Å². The number of benzene rings is 2. The summed E-state index contributed by atoms with van der Waals surface area (Å²) >= 11 is 0. The Labute approximate surface area is 181 Å². The van der Waals surface area contributed by atoms with Crippen LogP contribution in [0.15, 0.2) is 57.7 Å². The summed E-state index contributed by atoms with van der Waals surface area (Å²) in [6.45, 7) is -0.491. The van der Waals surface area contributed by atoms with Gasteiger partial charge >= 0.3 is 5.63 Å². The summed E-state index contributed by atoms with van der Waals surface area (Å²) in [5.74, 6) is -0.625. The van der Waals surface area contributed by atoms with Crippen molar-refractivity contribution in [2.75, 3.05) is 6.61 Å². The van der Waals surface area contributed by atoms with Crippen LogP contribution in [0.25, 0.3) is 11.0 Å². The number of rotatable bonds is 6. The molecule has 0 amide bonds. The van der Waals surface area contributed by atoms with Gasteiger partial charge in [-0.1, -0.05) is 30.3 Å². The van der Waals surface area contributed by atoms with E-state index in [4.69, 9.17) is 18.6 Å². The lowest BCUT2D eigenvalue weighted by atomic mass is 9.99. The first kappa shape index (κ1) is 22.1. The lowest BCUT2D eigenvalue weighted by Gasteiger charge is -2.39. The van der Waals surface area contributed by atoms with E-state index in [0.717, 1.165) is 5.56 Å². The second-order valence-corrected chi connectivity index (χ2v) is 7.31. The average Bonchev–Trinajstić information content (AvgIpc) is 2.80. The van der Waals surface area contributed by atoms with Crippen molar-refractivity contribution < 1.29 is 44.2 Å². The molecule has 3 aromatic rings. The van der Waals surface area contributed by atoms with Crippen molar-refractivity contribution in [3.05, 3.63) is 64.5 Å². The standard InChI is InChI=1S/C22H22O10/c23-9-15-16(24)17(25)18(26)22(32-15)30-12-6-7-13-14(8-12)31-21(28)19(27)20(13)29-10-11-4-2-1-3-5-11/h1-8,15-18,22-27H,9-10H2/t15-,16-,17+,18+,22+/m1/s1. The van der Waals surface area contributed by atoms with Crippen LogP contribution in [-0.4, -0.2) is 62.8 Å². The van der Waals surface area contributed by atoms with Gasteiger partial charge in [0.25, 0.3) is 0 Å². The van der Waals surface area contributed by atoms with E-state index < -0.39 is 48.7 Å². The van der Waals surface area contributed by atoms with Gasteiger partial charge in [-0.05, 0) is 17.7 Å². The molecule has 0 aliphatic carbocycles. The Balaban J connectivity index is 1.60. The summed E-state index contributed by atoms with van der Waals surface area (Å²) in [6, 6.07) is 13.4. The molecule has 1 aliphatic rings. The molecular formula is C22H22O10. The topological polar surface area (TPSA) is 159 Å². The minimum atomic E-state index is -1.60. The van der Waals surface area contributed by atoms with E-state index in [-0.39, 0.29) is 23.7 Å². The summed E-state index contributed by atoms with van der Waals surface area (Å²) in [5.41, 5.74) is -0.139. The van der Waals surface area contributed by atoms with E-state index in [2.05, 4.69) is 0 Å². The molecular weight excluding hydrogens is 424 g/mol. The molecule has 1 aromatic heterocycles. The van der Waals surface area contributed by atoms with Gasteiger partial charge in [-0.25, -0.2) is 4.79 Å². The highest BCUT2D eigenvalue weighted by Crippen LogP contribution is 2.35. The van der Waals surface area contributed by atoms with Crippen LogP contribution in [0.1, 0.15) is 5.56 Å². The summed E-state index contributed by atoms with van der Waals surface area (Å²) in [5, 5.41) is 49.6. The lowest BCUT2D eigenvalue weighted by Crippen LogP contribution is -2.60. The van der Waals surface area contributed by atoms with Gasteiger partial charge in [0.1, 0.15) is 42.4 Å². The maximum absolute atomic E-state index is 12.1. The maximum Gasteiger partial charge on any atom is 0.382 e. The Morgan fingerprint density at radius 3 is 2.44 bits per heavy atom. The van der Waals surface area contributed by atoms with Gasteiger partial charge in [0.2, 0.25) is 12.0 Å². The molecule has 5 atom stereocenters. The van der Waals surface area contributed by atoms with Gasteiger partial charge in [0.15, 0.2) is 5.75 Å². The van der Waals surface area contributed by atoms with Crippen LogP contribution in [0, 0.1) is 0 Å². The Hall–Kier alpha value is -3.15. The monoisotopic (exact) mass is 446 g/mol. The second-order valence-electron chi connectivity index (χ2n) is 7.31. The molecule has 0 bridgehead atoms. The van der Waals surface area contributed by atoms with E-state index in [1.807, 2.05) is 30.3 Å². The van der Waals surface area contributed by atoms with Crippen molar-refractivity contribution in [2.45, 2.75) is 37.3 Å². The fourth-order valence-corrected chi connectivity index (χ4v) is 3.39. The molecule has 0 radical (unpaired) electrons. The third kappa shape index (κ3) is 4.27. The van der Waals surface area contributed by atoms with Gasteiger partial charge < -0.3 is 44.2 Å². The lowest BCUT2D eigenvalue weighted by molar-refractivity contribution is -0.277. The molecule has 4 rings (SSSR count). The fraction of sp³-hybridized carbons (Fsp3) is 0.318. The van der Waals surface area contributed by atoms with Gasteiger partial charge in [-0.3, -0.25) is 0 Å². The fourth-order valence-electron chi connectivity index (χ4n) is 3.39. The molecule has 2 heterocycles. The zero-order chi connectivity index (χ0) is 22.8.